The summed E-state index contributed by atoms with van der Waals surface area (Å²) in [7, 11) is 1.07. The number of aromatic nitrogens is 2. The number of ether oxygens (including phenoxy) is 2. The van der Waals surface area contributed by atoms with E-state index in [0.29, 0.717) is 59.6 Å². The molecule has 19 heteroatoms. The van der Waals surface area contributed by atoms with Crippen LogP contribution < -0.4 is 44.8 Å². The largest absolute Gasteiger partial charge is 0.497 e. The number of benzene rings is 3. The second-order valence-electron chi connectivity index (χ2n) is 17.9. The van der Waals surface area contributed by atoms with Crippen LogP contribution in [0.2, 0.25) is 5.02 Å². The van der Waals surface area contributed by atoms with Gasteiger partial charge in [0.05, 0.1) is 49.7 Å². The number of nitrogens with one attached hydrogen (secondary N) is 4. The molecule has 4 saturated heterocycles. The first-order valence-electron chi connectivity index (χ1n) is 23.3. The van der Waals surface area contributed by atoms with E-state index in [-0.39, 0.29) is 22.8 Å². The molecule has 0 aliphatic carbocycles. The number of piperidine rings is 2. The molecule has 4 N–H and O–H groups in total. The number of carbonyl (C=O) groups is 2. The van der Waals surface area contributed by atoms with Gasteiger partial charge in [-0.2, -0.15) is 4.98 Å². The molecule has 4 fully saturated rings. The number of amides is 2. The Morgan fingerprint density at radius 2 is 1.63 bits per heavy atom. The fraction of sp³-hybridized carbons (Fsp3) is 0.500. The Morgan fingerprint density at radius 3 is 2.31 bits per heavy atom. The van der Waals surface area contributed by atoms with E-state index in [1.807, 2.05) is 12.1 Å². The first-order chi connectivity index (χ1) is 32.3. The van der Waals surface area contributed by atoms with Gasteiger partial charge in [-0.15, -0.1) is 0 Å². The van der Waals surface area contributed by atoms with Gasteiger partial charge in [0.2, 0.25) is 27.8 Å². The lowest BCUT2D eigenvalue weighted by Gasteiger charge is -2.43. The number of piperazine rings is 1. The predicted molar refractivity (Wildman–Crippen MR) is 266 cm³/mol. The minimum atomic E-state index is -3.58. The SMILES string of the molecule is CCc1cc(Nc2ncc(Cl)c(Nc3ccc(OC)cc3N(C)S(C)(=O)=O)n2)c(OC)cc1N1CCC(N2CCN(CCN[C@@H]3CCN(c4ccc(C5CCC(=O)NC5=O)cc4)C3)CC2)CC1. The Labute approximate surface area is 399 Å². The maximum atomic E-state index is 12.5. The molecule has 0 bridgehead atoms. The van der Waals surface area contributed by atoms with Gasteiger partial charge in [-0.3, -0.25) is 29.0 Å². The van der Waals surface area contributed by atoms with Crippen LogP contribution in [-0.2, 0) is 26.0 Å². The second kappa shape index (κ2) is 21.3. The Morgan fingerprint density at radius 1 is 0.881 bits per heavy atom. The number of imide groups is 1. The first-order valence-corrected chi connectivity index (χ1v) is 25.6. The highest BCUT2D eigenvalue weighted by Gasteiger charge is 2.31. The van der Waals surface area contributed by atoms with Gasteiger partial charge in [0.25, 0.3) is 0 Å². The molecule has 17 nitrogen and oxygen atoms in total. The van der Waals surface area contributed by atoms with E-state index < -0.39 is 10.0 Å². The third-order valence-corrected chi connectivity index (χ3v) is 15.2. The number of anilines is 7. The Hall–Kier alpha value is -5.40. The Kier molecular flexibility index (Phi) is 15.3. The minimum Gasteiger partial charge on any atom is -0.497 e. The number of halogens is 1. The summed E-state index contributed by atoms with van der Waals surface area (Å²) in [6, 6.07) is 18.6. The van der Waals surface area contributed by atoms with Crippen LogP contribution in [0.4, 0.5) is 40.2 Å². The van der Waals surface area contributed by atoms with E-state index in [2.05, 4.69) is 82.0 Å². The van der Waals surface area contributed by atoms with E-state index in [1.54, 1.807) is 25.3 Å². The van der Waals surface area contributed by atoms with Crippen LogP contribution in [0.25, 0.3) is 0 Å². The van der Waals surface area contributed by atoms with Gasteiger partial charge < -0.3 is 35.2 Å². The summed E-state index contributed by atoms with van der Waals surface area (Å²) in [6.45, 7) is 12.5. The van der Waals surface area contributed by atoms with Crippen molar-refractivity contribution in [1.29, 1.82) is 0 Å². The number of hydrogen-bond acceptors (Lipinski definition) is 15. The van der Waals surface area contributed by atoms with Crippen LogP contribution in [0.15, 0.2) is 60.8 Å². The molecular formula is C48H64ClN11O6S. The first kappa shape index (κ1) is 48.1. The van der Waals surface area contributed by atoms with Crippen molar-refractivity contribution in [1.82, 2.24) is 30.4 Å². The zero-order chi connectivity index (χ0) is 47.2. The average Bonchev–Trinajstić information content (AvgIpc) is 3.81. The van der Waals surface area contributed by atoms with E-state index >= 15 is 0 Å². The van der Waals surface area contributed by atoms with Crippen molar-refractivity contribution in [3.8, 4) is 11.5 Å². The van der Waals surface area contributed by atoms with Gasteiger partial charge in [-0.05, 0) is 73.6 Å². The summed E-state index contributed by atoms with van der Waals surface area (Å²) < 4.78 is 37.4. The lowest BCUT2D eigenvalue weighted by atomic mass is 9.90. The molecule has 3 aromatic carbocycles. The highest BCUT2D eigenvalue weighted by Crippen LogP contribution is 2.39. The molecule has 2 amide bonds. The van der Waals surface area contributed by atoms with Crippen LogP contribution in [0.1, 0.15) is 56.1 Å². The maximum Gasteiger partial charge on any atom is 0.234 e. The number of carbonyl (C=O) groups excluding carboxylic acids is 2. The van der Waals surface area contributed by atoms with Crippen LogP contribution in [0.3, 0.4) is 0 Å². The van der Waals surface area contributed by atoms with Crippen molar-refractivity contribution in [2.45, 2.75) is 63.5 Å². The summed E-state index contributed by atoms with van der Waals surface area (Å²) in [6.07, 6.45) is 7.74. The molecular weight excluding hydrogens is 894 g/mol. The maximum absolute atomic E-state index is 12.5. The minimum absolute atomic E-state index is 0.182. The third kappa shape index (κ3) is 11.5. The van der Waals surface area contributed by atoms with Crippen molar-refractivity contribution in [2.24, 2.45) is 0 Å². The normalized spacial score (nSPS) is 19.9. The van der Waals surface area contributed by atoms with E-state index in [1.165, 1.54) is 41.6 Å². The fourth-order valence-corrected chi connectivity index (χ4v) is 10.4. The summed E-state index contributed by atoms with van der Waals surface area (Å²) in [5.74, 6) is 1.13. The molecule has 8 rings (SSSR count). The molecule has 0 radical (unpaired) electrons. The molecule has 67 heavy (non-hydrogen) atoms. The highest BCUT2D eigenvalue weighted by atomic mass is 35.5. The number of sulfonamides is 1. The summed E-state index contributed by atoms with van der Waals surface area (Å²) >= 11 is 6.57. The van der Waals surface area contributed by atoms with Crippen molar-refractivity contribution >= 4 is 73.6 Å². The van der Waals surface area contributed by atoms with Gasteiger partial charge in [-0.1, -0.05) is 30.7 Å². The van der Waals surface area contributed by atoms with Crippen molar-refractivity contribution in [2.75, 3.05) is 118 Å². The number of methoxy groups -OCH3 is 2. The predicted octanol–water partition coefficient (Wildman–Crippen LogP) is 5.57. The standard InChI is InChI=1S/C48H64ClN11O6S/c1-6-32-27-41(53-48-51-30-39(49)46(55-48)52-40-13-11-37(65-3)28-43(40)56(2)67(5,63)64)44(66-4)29-42(32)59-20-16-36(17-21-59)58-25-23-57(24-26-58)22-18-50-34-15-19-60(31-34)35-9-7-33(8-10-35)38-12-14-45(61)54-47(38)62/h7-11,13,27-30,34,36,38,50H,6,12,14-26,31H2,1-5H3,(H,54,61,62)(H2,51,52,53,55)/t34-,38?/m1/s1. The molecule has 4 aliphatic heterocycles. The van der Waals surface area contributed by atoms with Crippen molar-refractivity contribution in [3.05, 3.63) is 76.9 Å². The number of rotatable bonds is 17. The van der Waals surface area contributed by atoms with E-state index in [4.69, 9.17) is 21.1 Å². The topological polar surface area (TPSA) is 177 Å². The van der Waals surface area contributed by atoms with Gasteiger partial charge in [0, 0.05) is 115 Å². The lowest BCUT2D eigenvalue weighted by molar-refractivity contribution is -0.134. The average molecular weight is 959 g/mol. The highest BCUT2D eigenvalue weighted by molar-refractivity contribution is 7.92. The second-order valence-corrected chi connectivity index (χ2v) is 20.3. The molecule has 0 spiro atoms. The van der Waals surface area contributed by atoms with E-state index in [9.17, 15) is 18.0 Å². The summed E-state index contributed by atoms with van der Waals surface area (Å²) in [5.41, 5.74) is 6.08. The zero-order valence-corrected chi connectivity index (χ0v) is 40.8. The monoisotopic (exact) mass is 957 g/mol. The van der Waals surface area contributed by atoms with Gasteiger partial charge >= 0.3 is 0 Å². The molecule has 2 atom stereocenters. The van der Waals surface area contributed by atoms with Crippen LogP contribution >= 0.6 is 11.6 Å². The molecule has 1 unspecified atom stereocenters. The smallest absolute Gasteiger partial charge is 0.234 e. The van der Waals surface area contributed by atoms with Gasteiger partial charge in [0.1, 0.15) is 16.5 Å². The lowest BCUT2D eigenvalue weighted by Crippen LogP contribution is -2.54. The third-order valence-electron chi connectivity index (χ3n) is 13.7. The zero-order valence-electron chi connectivity index (χ0n) is 39.2. The number of nitrogens with zero attached hydrogens (tertiary/aromatic N) is 7. The van der Waals surface area contributed by atoms with E-state index in [0.717, 1.165) is 109 Å². The van der Waals surface area contributed by atoms with Gasteiger partial charge in [-0.25, -0.2) is 13.4 Å². The van der Waals surface area contributed by atoms with Crippen LogP contribution in [-0.4, -0.2) is 145 Å². The van der Waals surface area contributed by atoms with Gasteiger partial charge in [0.15, 0.2) is 5.82 Å². The van der Waals surface area contributed by atoms with Crippen LogP contribution in [0.5, 0.6) is 11.5 Å². The number of hydrogen-bond donors (Lipinski definition) is 4. The Bertz CT molecular complexity index is 2500. The Balaban J connectivity index is 0.799. The van der Waals surface area contributed by atoms with Crippen molar-refractivity contribution < 1.29 is 27.5 Å². The summed E-state index contributed by atoms with van der Waals surface area (Å²) in [4.78, 5) is 43.2. The quantitative estimate of drug-likeness (QED) is 0.0967. The number of aryl methyl sites for hydroxylation is 1. The van der Waals surface area contributed by atoms with Crippen LogP contribution in [0, 0.1) is 0 Å². The molecule has 5 heterocycles. The molecule has 4 aliphatic rings. The van der Waals surface area contributed by atoms with Crippen molar-refractivity contribution in [3.63, 3.8) is 0 Å². The molecule has 0 saturated carbocycles. The summed E-state index contributed by atoms with van der Waals surface area (Å²) in [5, 5.41) is 13.1. The molecule has 4 aromatic rings. The molecule has 360 valence electrons. The molecule has 1 aromatic heterocycles. The fourth-order valence-electron chi connectivity index (χ4n) is 9.75.